The first-order valence-electron chi connectivity index (χ1n) is 7.79. The number of alkyl halides is 1. The topological polar surface area (TPSA) is 62.9 Å². The highest BCUT2D eigenvalue weighted by Crippen LogP contribution is 2.41. The van der Waals surface area contributed by atoms with E-state index in [2.05, 4.69) is 0 Å². The van der Waals surface area contributed by atoms with Gasteiger partial charge >= 0.3 is 6.09 Å². The zero-order valence-corrected chi connectivity index (χ0v) is 13.7. The van der Waals surface area contributed by atoms with Gasteiger partial charge in [-0.15, -0.1) is 0 Å². The Bertz CT molecular complexity index is 740. The van der Waals surface area contributed by atoms with Crippen molar-refractivity contribution in [2.24, 2.45) is 0 Å². The van der Waals surface area contributed by atoms with Crippen LogP contribution in [-0.2, 0) is 12.0 Å². The second kappa shape index (κ2) is 6.19. The number of amides is 1. The summed E-state index contributed by atoms with van der Waals surface area (Å²) < 4.78 is 24.6. The maximum Gasteiger partial charge on any atom is 0.407 e. The number of halogens is 1. The maximum atomic E-state index is 13.6. The lowest BCUT2D eigenvalue weighted by atomic mass is 9.81. The number of carboxylic acid groups (broad SMARTS) is 1. The van der Waals surface area contributed by atoms with Gasteiger partial charge < -0.3 is 19.2 Å². The summed E-state index contributed by atoms with van der Waals surface area (Å²) in [5.41, 5.74) is 2.43. The predicted octanol–water partition coefficient (Wildman–Crippen LogP) is 4.07. The molecule has 0 spiro atoms. The molecule has 3 rings (SSSR count). The molecule has 128 valence electrons. The molecule has 1 aliphatic rings. The summed E-state index contributed by atoms with van der Waals surface area (Å²) >= 11 is 0. The Morgan fingerprint density at radius 1 is 1.38 bits per heavy atom. The van der Waals surface area contributed by atoms with E-state index in [1.54, 1.807) is 26.4 Å². The van der Waals surface area contributed by atoms with Gasteiger partial charge in [0, 0.05) is 22.1 Å². The van der Waals surface area contributed by atoms with Crippen LogP contribution in [0, 0.1) is 0 Å². The number of carbonyl (C=O) groups is 1. The third kappa shape index (κ3) is 2.84. The summed E-state index contributed by atoms with van der Waals surface area (Å²) in [4.78, 5) is 12.7. The number of hydrogen-bond acceptors (Lipinski definition) is 3. The monoisotopic (exact) mass is 333 g/mol. The highest BCUT2D eigenvalue weighted by atomic mass is 19.1. The fraction of sp³-hybridized carbons (Fsp3) is 0.389. The van der Waals surface area contributed by atoms with E-state index in [9.17, 15) is 14.3 Å². The minimum absolute atomic E-state index is 0.176. The van der Waals surface area contributed by atoms with Crippen LogP contribution >= 0.6 is 0 Å². The number of furan rings is 1. The lowest BCUT2D eigenvalue weighted by molar-refractivity contribution is 0.138. The zero-order chi connectivity index (χ0) is 17.3. The minimum atomic E-state index is -1.01. The number of fused-ring (bicyclic) bond motifs is 1. The van der Waals surface area contributed by atoms with E-state index < -0.39 is 18.2 Å². The van der Waals surface area contributed by atoms with Gasteiger partial charge in [0.1, 0.15) is 12.4 Å². The third-order valence-electron chi connectivity index (χ3n) is 4.38. The van der Waals surface area contributed by atoms with Crippen molar-refractivity contribution < 1.29 is 23.4 Å². The van der Waals surface area contributed by atoms with Crippen LogP contribution in [0.25, 0.3) is 11.1 Å². The van der Waals surface area contributed by atoms with Crippen LogP contribution in [0.1, 0.15) is 25.0 Å². The molecule has 1 aliphatic heterocycles. The highest BCUT2D eigenvalue weighted by Gasteiger charge is 2.31. The van der Waals surface area contributed by atoms with E-state index in [4.69, 9.17) is 9.15 Å². The Morgan fingerprint density at radius 3 is 2.79 bits per heavy atom. The molecule has 0 saturated carbocycles. The van der Waals surface area contributed by atoms with Gasteiger partial charge in [-0.3, -0.25) is 4.39 Å². The molecule has 2 heterocycles. The van der Waals surface area contributed by atoms with Gasteiger partial charge in [0.05, 0.1) is 32.3 Å². The number of benzene rings is 1. The smallest absolute Gasteiger partial charge is 0.407 e. The fourth-order valence-electron chi connectivity index (χ4n) is 2.99. The normalized spacial score (nSPS) is 14.7. The summed E-state index contributed by atoms with van der Waals surface area (Å²) in [5.74, 6) is 0.610. The Labute approximate surface area is 139 Å². The van der Waals surface area contributed by atoms with Crippen LogP contribution in [0.4, 0.5) is 9.18 Å². The van der Waals surface area contributed by atoms with E-state index >= 15 is 0 Å². The average molecular weight is 333 g/mol. The SMILES string of the molecule is CC(C)(CF)c1ccc(-c2ccoc2)c2c1CN(C(=O)O)CCO2. The molecule has 0 bridgehead atoms. The van der Waals surface area contributed by atoms with Gasteiger partial charge in [-0.2, -0.15) is 0 Å². The molecule has 1 N–H and O–H groups in total. The molecular weight excluding hydrogens is 313 g/mol. The summed E-state index contributed by atoms with van der Waals surface area (Å²) in [6.45, 7) is 3.76. The molecule has 0 radical (unpaired) electrons. The van der Waals surface area contributed by atoms with Gasteiger partial charge in [0.25, 0.3) is 0 Å². The van der Waals surface area contributed by atoms with Crippen molar-refractivity contribution in [1.82, 2.24) is 4.90 Å². The molecule has 0 atom stereocenters. The highest BCUT2D eigenvalue weighted by molar-refractivity contribution is 5.74. The zero-order valence-electron chi connectivity index (χ0n) is 13.7. The van der Waals surface area contributed by atoms with Crippen molar-refractivity contribution in [3.8, 4) is 16.9 Å². The van der Waals surface area contributed by atoms with Gasteiger partial charge in [0.2, 0.25) is 0 Å². The second-order valence-corrected chi connectivity index (χ2v) is 6.55. The summed E-state index contributed by atoms with van der Waals surface area (Å²) in [7, 11) is 0. The Balaban J connectivity index is 2.19. The molecule has 0 saturated heterocycles. The first-order valence-corrected chi connectivity index (χ1v) is 7.79. The lowest BCUT2D eigenvalue weighted by Crippen LogP contribution is -2.32. The van der Waals surface area contributed by atoms with Crippen LogP contribution < -0.4 is 4.74 Å². The number of ether oxygens (including phenoxy) is 1. The van der Waals surface area contributed by atoms with Crippen molar-refractivity contribution in [2.45, 2.75) is 25.8 Å². The number of rotatable bonds is 3. The second-order valence-electron chi connectivity index (χ2n) is 6.55. The van der Waals surface area contributed by atoms with E-state index in [1.807, 2.05) is 18.2 Å². The molecule has 24 heavy (non-hydrogen) atoms. The molecular formula is C18H20FNO4. The van der Waals surface area contributed by atoms with E-state index in [0.717, 1.165) is 22.3 Å². The summed E-state index contributed by atoms with van der Waals surface area (Å²) in [5, 5.41) is 9.37. The Hall–Kier alpha value is -2.50. The Morgan fingerprint density at radius 2 is 2.17 bits per heavy atom. The van der Waals surface area contributed by atoms with Gasteiger partial charge in [-0.25, -0.2) is 4.79 Å². The van der Waals surface area contributed by atoms with Crippen LogP contribution in [0.15, 0.2) is 35.1 Å². The standard InChI is InChI=1S/C18H20FNO4/c1-18(2,11-19)15-4-3-13(12-5-7-23-10-12)16-14(15)9-20(17(21)22)6-8-24-16/h3-5,7,10H,6,8-9,11H2,1-2H3,(H,21,22). The van der Waals surface area contributed by atoms with Gasteiger partial charge in [-0.1, -0.05) is 26.0 Å². The minimum Gasteiger partial charge on any atom is -0.491 e. The first-order chi connectivity index (χ1) is 11.4. The number of hydrogen-bond donors (Lipinski definition) is 1. The third-order valence-corrected chi connectivity index (χ3v) is 4.38. The molecule has 2 aromatic rings. The molecule has 0 unspecified atom stereocenters. The molecule has 0 fully saturated rings. The van der Waals surface area contributed by atoms with E-state index in [-0.39, 0.29) is 19.7 Å². The summed E-state index contributed by atoms with van der Waals surface area (Å²) in [6.07, 6.45) is 2.17. The molecule has 5 nitrogen and oxygen atoms in total. The average Bonchev–Trinajstić information content (AvgIpc) is 2.98. The van der Waals surface area contributed by atoms with Crippen molar-refractivity contribution in [3.63, 3.8) is 0 Å². The van der Waals surface area contributed by atoms with Crippen molar-refractivity contribution in [2.75, 3.05) is 19.8 Å². The summed E-state index contributed by atoms with van der Waals surface area (Å²) in [6, 6.07) is 5.56. The largest absolute Gasteiger partial charge is 0.491 e. The van der Waals surface area contributed by atoms with Crippen LogP contribution in [-0.4, -0.2) is 35.9 Å². The van der Waals surface area contributed by atoms with E-state index in [0.29, 0.717) is 5.75 Å². The van der Waals surface area contributed by atoms with Crippen LogP contribution in [0.3, 0.4) is 0 Å². The van der Waals surface area contributed by atoms with Crippen molar-refractivity contribution in [3.05, 3.63) is 41.9 Å². The van der Waals surface area contributed by atoms with Gasteiger partial charge in [0.15, 0.2) is 0 Å². The quantitative estimate of drug-likeness (QED) is 0.920. The molecule has 0 aliphatic carbocycles. The van der Waals surface area contributed by atoms with Crippen LogP contribution in [0.5, 0.6) is 5.75 Å². The molecule has 1 amide bonds. The number of nitrogens with zero attached hydrogens (tertiary/aromatic N) is 1. The van der Waals surface area contributed by atoms with Crippen molar-refractivity contribution >= 4 is 6.09 Å². The van der Waals surface area contributed by atoms with Gasteiger partial charge in [-0.05, 0) is 11.6 Å². The molecule has 6 heteroatoms. The predicted molar refractivity (Wildman–Crippen MR) is 87.1 cm³/mol. The molecule has 1 aromatic heterocycles. The van der Waals surface area contributed by atoms with Crippen molar-refractivity contribution in [1.29, 1.82) is 0 Å². The fourth-order valence-corrected chi connectivity index (χ4v) is 2.99. The van der Waals surface area contributed by atoms with Crippen LogP contribution in [0.2, 0.25) is 0 Å². The Kier molecular flexibility index (Phi) is 4.22. The van der Waals surface area contributed by atoms with E-state index in [1.165, 1.54) is 4.90 Å². The first kappa shape index (κ1) is 16.4. The maximum absolute atomic E-state index is 13.6. The lowest BCUT2D eigenvalue weighted by Gasteiger charge is -2.27. The molecule has 1 aromatic carbocycles.